The molecule has 0 atom stereocenters. The molecule has 1 aliphatic rings. The topological polar surface area (TPSA) is 47.4 Å². The van der Waals surface area contributed by atoms with E-state index in [-0.39, 0.29) is 0 Å². The Morgan fingerprint density at radius 2 is 1.90 bits per heavy atom. The smallest absolute Gasteiger partial charge is 0.153 e. The Kier molecular flexibility index (Phi) is 4.43. The molecule has 0 spiro atoms. The summed E-state index contributed by atoms with van der Waals surface area (Å²) >= 11 is 0. The molecule has 0 amide bonds. The summed E-state index contributed by atoms with van der Waals surface area (Å²) in [5, 5.41) is 4.56. The zero-order chi connectivity index (χ0) is 14.5. The third kappa shape index (κ3) is 3.37. The van der Waals surface area contributed by atoms with Gasteiger partial charge in [0.2, 0.25) is 0 Å². The van der Waals surface area contributed by atoms with Crippen molar-refractivity contribution in [3.63, 3.8) is 0 Å². The maximum absolute atomic E-state index is 11.2. The molecule has 1 saturated heterocycles. The minimum atomic E-state index is 0.642. The van der Waals surface area contributed by atoms with Crippen LogP contribution in [0.5, 0.6) is 0 Å². The van der Waals surface area contributed by atoms with Crippen molar-refractivity contribution in [2.24, 2.45) is 0 Å². The molecule has 1 aliphatic heterocycles. The van der Waals surface area contributed by atoms with Gasteiger partial charge in [-0.2, -0.15) is 5.10 Å². The molecule has 0 N–H and O–H groups in total. The van der Waals surface area contributed by atoms with E-state index in [1.807, 2.05) is 41.2 Å². The molecule has 21 heavy (non-hydrogen) atoms. The van der Waals surface area contributed by atoms with E-state index in [9.17, 15) is 4.79 Å². The van der Waals surface area contributed by atoms with Crippen LogP contribution in [0.25, 0.3) is 11.3 Å². The summed E-state index contributed by atoms with van der Waals surface area (Å²) in [6, 6.07) is 9.82. The Morgan fingerprint density at radius 3 is 2.62 bits per heavy atom. The molecule has 0 unspecified atom stereocenters. The molecule has 5 heteroatoms. The SMILES string of the molecule is O=Cc1cn(CCN2CCOCC2)nc1-c1ccccc1. The third-order valence-corrected chi connectivity index (χ3v) is 3.71. The lowest BCUT2D eigenvalue weighted by atomic mass is 10.1. The third-order valence-electron chi connectivity index (χ3n) is 3.71. The molecule has 0 bridgehead atoms. The second-order valence-electron chi connectivity index (χ2n) is 5.13. The van der Waals surface area contributed by atoms with Gasteiger partial charge in [0.05, 0.1) is 25.3 Å². The van der Waals surface area contributed by atoms with Crippen LogP contribution in [0.3, 0.4) is 0 Å². The van der Waals surface area contributed by atoms with Crippen molar-refractivity contribution in [2.75, 3.05) is 32.8 Å². The largest absolute Gasteiger partial charge is 0.379 e. The van der Waals surface area contributed by atoms with Crippen LogP contribution >= 0.6 is 0 Å². The van der Waals surface area contributed by atoms with E-state index in [1.54, 1.807) is 0 Å². The predicted molar refractivity (Wildman–Crippen MR) is 80.3 cm³/mol. The van der Waals surface area contributed by atoms with Gasteiger partial charge in [0.1, 0.15) is 5.69 Å². The van der Waals surface area contributed by atoms with Gasteiger partial charge in [-0.1, -0.05) is 30.3 Å². The van der Waals surface area contributed by atoms with Gasteiger partial charge in [-0.15, -0.1) is 0 Å². The summed E-state index contributed by atoms with van der Waals surface area (Å²) in [6.07, 6.45) is 2.70. The van der Waals surface area contributed by atoms with Gasteiger partial charge in [0, 0.05) is 31.4 Å². The highest BCUT2D eigenvalue weighted by atomic mass is 16.5. The zero-order valence-corrected chi connectivity index (χ0v) is 11.9. The van der Waals surface area contributed by atoms with Gasteiger partial charge in [-0.3, -0.25) is 14.4 Å². The molecular formula is C16H19N3O2. The maximum atomic E-state index is 11.2. The first-order valence-electron chi connectivity index (χ1n) is 7.25. The van der Waals surface area contributed by atoms with Crippen LogP contribution in [0.15, 0.2) is 36.5 Å². The van der Waals surface area contributed by atoms with E-state index < -0.39 is 0 Å². The summed E-state index contributed by atoms with van der Waals surface area (Å²) in [5.74, 6) is 0. The molecule has 0 radical (unpaired) electrons. The van der Waals surface area contributed by atoms with Crippen molar-refractivity contribution in [3.8, 4) is 11.3 Å². The fraction of sp³-hybridized carbons (Fsp3) is 0.375. The fourth-order valence-corrected chi connectivity index (χ4v) is 2.53. The summed E-state index contributed by atoms with van der Waals surface area (Å²) in [7, 11) is 0. The van der Waals surface area contributed by atoms with Crippen molar-refractivity contribution in [1.82, 2.24) is 14.7 Å². The quantitative estimate of drug-likeness (QED) is 0.784. The summed E-state index contributed by atoms with van der Waals surface area (Å²) in [6.45, 7) is 5.24. The van der Waals surface area contributed by atoms with Gasteiger partial charge >= 0.3 is 0 Å². The van der Waals surface area contributed by atoms with Crippen LogP contribution in [-0.4, -0.2) is 53.8 Å². The molecular weight excluding hydrogens is 266 g/mol. The lowest BCUT2D eigenvalue weighted by Crippen LogP contribution is -2.38. The molecule has 1 fully saturated rings. The van der Waals surface area contributed by atoms with Gasteiger partial charge in [-0.05, 0) is 0 Å². The zero-order valence-electron chi connectivity index (χ0n) is 11.9. The number of carbonyl (C=O) groups is 1. The number of rotatable bonds is 5. The average molecular weight is 285 g/mol. The van der Waals surface area contributed by atoms with E-state index in [2.05, 4.69) is 10.00 Å². The number of aromatic nitrogens is 2. The van der Waals surface area contributed by atoms with Gasteiger partial charge in [-0.25, -0.2) is 0 Å². The van der Waals surface area contributed by atoms with Crippen molar-refractivity contribution in [2.45, 2.75) is 6.54 Å². The number of carbonyl (C=O) groups excluding carboxylic acids is 1. The van der Waals surface area contributed by atoms with E-state index in [0.717, 1.165) is 56.9 Å². The minimum absolute atomic E-state index is 0.642. The number of ether oxygens (including phenoxy) is 1. The van der Waals surface area contributed by atoms with E-state index in [0.29, 0.717) is 5.56 Å². The molecule has 0 aliphatic carbocycles. The second kappa shape index (κ2) is 6.65. The van der Waals surface area contributed by atoms with Crippen molar-refractivity contribution in [3.05, 3.63) is 42.1 Å². The number of nitrogens with zero attached hydrogens (tertiary/aromatic N) is 3. The Labute approximate surface area is 124 Å². The molecule has 2 aromatic rings. The van der Waals surface area contributed by atoms with Crippen LogP contribution in [0, 0.1) is 0 Å². The van der Waals surface area contributed by atoms with E-state index in [1.165, 1.54) is 0 Å². The van der Waals surface area contributed by atoms with Crippen molar-refractivity contribution in [1.29, 1.82) is 0 Å². The van der Waals surface area contributed by atoms with Crippen molar-refractivity contribution < 1.29 is 9.53 Å². The summed E-state index contributed by atoms with van der Waals surface area (Å²) in [4.78, 5) is 13.6. The average Bonchev–Trinajstić information content (AvgIpc) is 2.98. The molecule has 0 saturated carbocycles. The molecule has 2 heterocycles. The Bertz CT molecular complexity index is 589. The Morgan fingerprint density at radius 1 is 1.14 bits per heavy atom. The standard InChI is InChI=1S/C16H19N3O2/c20-13-15-12-19(7-6-18-8-10-21-11-9-18)17-16(15)14-4-2-1-3-5-14/h1-5,12-13H,6-11H2. The van der Waals surface area contributed by atoms with Crippen LogP contribution < -0.4 is 0 Å². The van der Waals surface area contributed by atoms with Crippen LogP contribution in [0.2, 0.25) is 0 Å². The first kappa shape index (κ1) is 14.0. The van der Waals surface area contributed by atoms with Gasteiger partial charge in [0.15, 0.2) is 6.29 Å². The van der Waals surface area contributed by atoms with Crippen molar-refractivity contribution >= 4 is 6.29 Å². The van der Waals surface area contributed by atoms with E-state index >= 15 is 0 Å². The number of benzene rings is 1. The number of aldehydes is 1. The Hall–Kier alpha value is -1.98. The molecule has 1 aromatic carbocycles. The monoisotopic (exact) mass is 285 g/mol. The second-order valence-corrected chi connectivity index (χ2v) is 5.13. The molecule has 3 rings (SSSR count). The first-order valence-corrected chi connectivity index (χ1v) is 7.25. The molecule has 110 valence electrons. The highest BCUT2D eigenvalue weighted by molar-refractivity contribution is 5.85. The highest BCUT2D eigenvalue weighted by Crippen LogP contribution is 2.20. The van der Waals surface area contributed by atoms with Gasteiger partial charge < -0.3 is 4.74 Å². The lowest BCUT2D eigenvalue weighted by Gasteiger charge is -2.26. The lowest BCUT2D eigenvalue weighted by molar-refractivity contribution is 0.0360. The summed E-state index contributed by atoms with van der Waals surface area (Å²) < 4.78 is 7.20. The first-order chi connectivity index (χ1) is 10.4. The highest BCUT2D eigenvalue weighted by Gasteiger charge is 2.13. The molecule has 5 nitrogen and oxygen atoms in total. The normalized spacial score (nSPS) is 16.0. The van der Waals surface area contributed by atoms with Crippen LogP contribution in [-0.2, 0) is 11.3 Å². The fourth-order valence-electron chi connectivity index (χ4n) is 2.53. The predicted octanol–water partition coefficient (Wildman–Crippen LogP) is 1.69. The van der Waals surface area contributed by atoms with Gasteiger partial charge in [0.25, 0.3) is 0 Å². The number of morpholine rings is 1. The number of hydrogen-bond acceptors (Lipinski definition) is 4. The number of hydrogen-bond donors (Lipinski definition) is 0. The van der Waals surface area contributed by atoms with Crippen LogP contribution in [0.1, 0.15) is 10.4 Å². The molecule has 1 aromatic heterocycles. The summed E-state index contributed by atoms with van der Waals surface area (Å²) in [5.41, 5.74) is 2.38. The Balaban J connectivity index is 1.72. The van der Waals surface area contributed by atoms with Crippen LogP contribution in [0.4, 0.5) is 0 Å². The maximum Gasteiger partial charge on any atom is 0.153 e. The minimum Gasteiger partial charge on any atom is -0.379 e. The van der Waals surface area contributed by atoms with E-state index in [4.69, 9.17) is 4.74 Å².